The second-order valence-electron chi connectivity index (χ2n) is 4.14. The molecule has 3 rings (SSSR count). The van der Waals surface area contributed by atoms with Crippen molar-refractivity contribution in [2.75, 3.05) is 0 Å². The summed E-state index contributed by atoms with van der Waals surface area (Å²) in [6.45, 7) is 0. The van der Waals surface area contributed by atoms with E-state index in [0.29, 0.717) is 17.0 Å². The summed E-state index contributed by atoms with van der Waals surface area (Å²) in [4.78, 5) is 11.0. The van der Waals surface area contributed by atoms with Crippen LogP contribution in [-0.2, 0) is 0 Å². The lowest BCUT2D eigenvalue weighted by molar-refractivity contribution is 0.0696. The van der Waals surface area contributed by atoms with Gasteiger partial charge in [0, 0.05) is 10.7 Å². The Balaban J connectivity index is 2.25. The van der Waals surface area contributed by atoms with Crippen molar-refractivity contribution in [3.05, 3.63) is 46.6 Å². The van der Waals surface area contributed by atoms with Crippen molar-refractivity contribution in [3.63, 3.8) is 0 Å². The summed E-state index contributed by atoms with van der Waals surface area (Å²) in [5, 5.41) is 27.0. The number of phenols is 1. The maximum atomic E-state index is 11.0. The first-order chi connectivity index (χ1) is 9.56. The Kier molecular flexibility index (Phi) is 2.90. The van der Waals surface area contributed by atoms with Crippen LogP contribution in [0.25, 0.3) is 17.0 Å². The van der Waals surface area contributed by atoms with Crippen molar-refractivity contribution in [2.24, 2.45) is 0 Å². The van der Waals surface area contributed by atoms with E-state index in [1.165, 1.54) is 22.7 Å². The zero-order valence-corrected chi connectivity index (χ0v) is 11.6. The number of pyridine rings is 1. The molecular weight excluding hydrogens is 326 g/mol. The Labute approximate surface area is 121 Å². The highest BCUT2D eigenvalue weighted by Gasteiger charge is 2.14. The van der Waals surface area contributed by atoms with E-state index in [2.05, 4.69) is 26.1 Å². The summed E-state index contributed by atoms with van der Waals surface area (Å²) >= 11 is 3.26. The molecule has 0 atom stereocenters. The second kappa shape index (κ2) is 4.61. The van der Waals surface area contributed by atoms with Gasteiger partial charge >= 0.3 is 5.97 Å². The SMILES string of the molecule is O=C(O)c1ccc2nnc(-c3ccc(Br)cc3O)n2c1. The molecule has 0 fully saturated rings. The van der Waals surface area contributed by atoms with Gasteiger partial charge in [-0.25, -0.2) is 4.79 Å². The van der Waals surface area contributed by atoms with E-state index in [-0.39, 0.29) is 11.3 Å². The minimum Gasteiger partial charge on any atom is -0.507 e. The van der Waals surface area contributed by atoms with Crippen molar-refractivity contribution < 1.29 is 15.0 Å². The fourth-order valence-corrected chi connectivity index (χ4v) is 2.24. The third kappa shape index (κ3) is 2.01. The highest BCUT2D eigenvalue weighted by Crippen LogP contribution is 2.30. The van der Waals surface area contributed by atoms with Gasteiger partial charge in [0.2, 0.25) is 0 Å². The monoisotopic (exact) mass is 333 g/mol. The number of benzene rings is 1. The minimum absolute atomic E-state index is 0.0365. The van der Waals surface area contributed by atoms with Gasteiger partial charge in [-0.3, -0.25) is 4.40 Å². The first-order valence-electron chi connectivity index (χ1n) is 5.63. The Hall–Kier alpha value is -2.41. The summed E-state index contributed by atoms with van der Waals surface area (Å²) in [5.74, 6) is -0.617. The van der Waals surface area contributed by atoms with Gasteiger partial charge < -0.3 is 10.2 Å². The Morgan fingerprint density at radius 3 is 2.70 bits per heavy atom. The number of aromatic nitrogens is 3. The molecule has 2 aromatic heterocycles. The van der Waals surface area contributed by atoms with Gasteiger partial charge in [0.1, 0.15) is 5.75 Å². The summed E-state index contributed by atoms with van der Waals surface area (Å²) in [5.41, 5.74) is 1.10. The Morgan fingerprint density at radius 2 is 2.00 bits per heavy atom. The van der Waals surface area contributed by atoms with E-state index in [1.807, 2.05) is 0 Å². The number of fused-ring (bicyclic) bond motifs is 1. The summed E-state index contributed by atoms with van der Waals surface area (Å²) in [6.07, 6.45) is 1.43. The number of aromatic carboxylic acids is 1. The fraction of sp³-hybridized carbons (Fsp3) is 0. The lowest BCUT2D eigenvalue weighted by Gasteiger charge is -2.04. The lowest BCUT2D eigenvalue weighted by Crippen LogP contribution is -1.99. The van der Waals surface area contributed by atoms with E-state index in [4.69, 9.17) is 5.11 Å². The average Bonchev–Trinajstić information content (AvgIpc) is 2.81. The minimum atomic E-state index is -1.04. The van der Waals surface area contributed by atoms with Crippen LogP contribution >= 0.6 is 15.9 Å². The van der Waals surface area contributed by atoms with Gasteiger partial charge in [0.15, 0.2) is 11.5 Å². The third-order valence-corrected chi connectivity index (χ3v) is 3.34. The molecule has 2 heterocycles. The number of hydrogen-bond acceptors (Lipinski definition) is 4. The lowest BCUT2D eigenvalue weighted by atomic mass is 10.2. The molecule has 0 amide bonds. The van der Waals surface area contributed by atoms with Gasteiger partial charge in [0.25, 0.3) is 0 Å². The van der Waals surface area contributed by atoms with Crippen LogP contribution < -0.4 is 0 Å². The van der Waals surface area contributed by atoms with E-state index in [1.54, 1.807) is 18.2 Å². The average molecular weight is 334 g/mol. The number of nitrogens with zero attached hydrogens (tertiary/aromatic N) is 3. The van der Waals surface area contributed by atoms with E-state index < -0.39 is 5.97 Å². The molecule has 0 saturated heterocycles. The molecule has 0 aliphatic heterocycles. The Bertz CT molecular complexity index is 829. The molecule has 0 aliphatic rings. The predicted octanol–water partition coefficient (Wildman–Crippen LogP) is 2.56. The van der Waals surface area contributed by atoms with Gasteiger partial charge in [-0.05, 0) is 30.3 Å². The molecule has 6 nitrogen and oxygen atoms in total. The number of carboxylic acids is 1. The van der Waals surface area contributed by atoms with Crippen molar-refractivity contribution in [1.29, 1.82) is 0 Å². The summed E-state index contributed by atoms with van der Waals surface area (Å²) in [7, 11) is 0. The number of phenolic OH excluding ortho intramolecular Hbond substituents is 1. The zero-order chi connectivity index (χ0) is 14.3. The number of hydrogen-bond donors (Lipinski definition) is 2. The quantitative estimate of drug-likeness (QED) is 0.752. The number of aromatic hydroxyl groups is 1. The third-order valence-electron chi connectivity index (χ3n) is 2.85. The predicted molar refractivity (Wildman–Crippen MR) is 74.7 cm³/mol. The molecule has 1 aromatic carbocycles. The van der Waals surface area contributed by atoms with Crippen LogP contribution in [0.3, 0.4) is 0 Å². The first-order valence-corrected chi connectivity index (χ1v) is 6.42. The van der Waals surface area contributed by atoms with Crippen LogP contribution in [0.4, 0.5) is 0 Å². The zero-order valence-electron chi connectivity index (χ0n) is 9.99. The molecule has 100 valence electrons. The summed E-state index contributed by atoms with van der Waals surface area (Å²) < 4.78 is 2.27. The van der Waals surface area contributed by atoms with Crippen molar-refractivity contribution >= 4 is 27.5 Å². The van der Waals surface area contributed by atoms with Gasteiger partial charge in [-0.1, -0.05) is 15.9 Å². The molecule has 0 saturated carbocycles. The maximum Gasteiger partial charge on any atom is 0.337 e. The number of halogens is 1. The molecule has 0 spiro atoms. The highest BCUT2D eigenvalue weighted by atomic mass is 79.9. The number of carbonyl (C=O) groups is 1. The van der Waals surface area contributed by atoms with Crippen LogP contribution in [0.1, 0.15) is 10.4 Å². The standard InChI is InChI=1S/C13H8BrN3O3/c14-8-2-3-9(10(18)5-8)12-16-15-11-4-1-7(13(19)20)6-17(11)12/h1-6,18H,(H,19,20). The number of carboxylic acid groups (broad SMARTS) is 1. The fourth-order valence-electron chi connectivity index (χ4n) is 1.89. The largest absolute Gasteiger partial charge is 0.507 e. The van der Waals surface area contributed by atoms with Crippen molar-refractivity contribution in [1.82, 2.24) is 14.6 Å². The van der Waals surface area contributed by atoms with Crippen LogP contribution in [-0.4, -0.2) is 30.8 Å². The topological polar surface area (TPSA) is 87.7 Å². The molecule has 20 heavy (non-hydrogen) atoms. The summed E-state index contributed by atoms with van der Waals surface area (Å²) in [6, 6.07) is 8.01. The molecule has 0 bridgehead atoms. The Morgan fingerprint density at radius 1 is 1.20 bits per heavy atom. The van der Waals surface area contributed by atoms with E-state index in [0.717, 1.165) is 4.47 Å². The van der Waals surface area contributed by atoms with Gasteiger partial charge in [-0.2, -0.15) is 0 Å². The first kappa shape index (κ1) is 12.6. The molecule has 0 radical (unpaired) electrons. The molecule has 7 heteroatoms. The molecule has 2 N–H and O–H groups in total. The molecule has 0 unspecified atom stereocenters. The molecular formula is C13H8BrN3O3. The van der Waals surface area contributed by atoms with Crippen LogP contribution in [0.15, 0.2) is 41.0 Å². The number of rotatable bonds is 2. The van der Waals surface area contributed by atoms with Crippen LogP contribution in [0, 0.1) is 0 Å². The maximum absolute atomic E-state index is 11.0. The van der Waals surface area contributed by atoms with Crippen molar-refractivity contribution in [3.8, 4) is 17.1 Å². The normalized spacial score (nSPS) is 10.8. The van der Waals surface area contributed by atoms with Crippen LogP contribution in [0.5, 0.6) is 5.75 Å². The van der Waals surface area contributed by atoms with Gasteiger partial charge in [0.05, 0.1) is 11.1 Å². The second-order valence-corrected chi connectivity index (χ2v) is 5.05. The molecule has 0 aliphatic carbocycles. The van der Waals surface area contributed by atoms with Gasteiger partial charge in [-0.15, -0.1) is 10.2 Å². The smallest absolute Gasteiger partial charge is 0.337 e. The highest BCUT2D eigenvalue weighted by molar-refractivity contribution is 9.10. The van der Waals surface area contributed by atoms with E-state index in [9.17, 15) is 9.90 Å². The van der Waals surface area contributed by atoms with Crippen molar-refractivity contribution in [2.45, 2.75) is 0 Å². The molecule has 3 aromatic rings. The van der Waals surface area contributed by atoms with Crippen LogP contribution in [0.2, 0.25) is 0 Å². The van der Waals surface area contributed by atoms with E-state index >= 15 is 0 Å².